The Bertz CT molecular complexity index is 332. The molecule has 3 atom stereocenters. The summed E-state index contributed by atoms with van der Waals surface area (Å²) in [6.45, 7) is 0. The predicted octanol–water partition coefficient (Wildman–Crippen LogP) is 2.27. The summed E-state index contributed by atoms with van der Waals surface area (Å²) in [6, 6.07) is 0. The van der Waals surface area contributed by atoms with E-state index in [-0.39, 0.29) is 5.97 Å². The van der Waals surface area contributed by atoms with Crippen LogP contribution in [0.5, 0.6) is 0 Å². The predicted molar refractivity (Wildman–Crippen MR) is 63.3 cm³/mol. The third-order valence-electron chi connectivity index (χ3n) is 5.68. The Morgan fingerprint density at radius 2 is 2.00 bits per heavy atom. The lowest BCUT2D eigenvalue weighted by Crippen LogP contribution is -2.55. The van der Waals surface area contributed by atoms with Gasteiger partial charge in [0.15, 0.2) is 0 Å². The first kappa shape index (κ1) is 11.5. The zero-order valence-corrected chi connectivity index (χ0v) is 10.6. The van der Waals surface area contributed by atoms with Crippen LogP contribution in [-0.4, -0.2) is 23.8 Å². The van der Waals surface area contributed by atoms with E-state index in [0.29, 0.717) is 11.8 Å². The molecule has 0 spiro atoms. The normalized spacial score (nSPS) is 42.9. The number of esters is 1. The molecule has 3 nitrogen and oxygen atoms in total. The van der Waals surface area contributed by atoms with E-state index in [1.807, 2.05) is 0 Å². The largest absolute Gasteiger partial charge is 0.469 e. The second-order valence-corrected chi connectivity index (χ2v) is 6.29. The van der Waals surface area contributed by atoms with Gasteiger partial charge in [-0.15, -0.1) is 0 Å². The van der Waals surface area contributed by atoms with Crippen molar-refractivity contribution in [1.29, 1.82) is 0 Å². The number of methoxy groups -OCH3 is 1. The van der Waals surface area contributed by atoms with Crippen molar-refractivity contribution in [3.63, 3.8) is 0 Å². The number of carbonyl (C=O) groups excluding carboxylic acids is 1. The van der Waals surface area contributed by atoms with E-state index in [0.717, 1.165) is 44.9 Å². The summed E-state index contributed by atoms with van der Waals surface area (Å²) in [6.07, 6.45) is 8.02. The molecule has 0 radical (unpaired) electrons. The fourth-order valence-electron chi connectivity index (χ4n) is 4.87. The second kappa shape index (κ2) is 3.71. The molecule has 96 valence electrons. The minimum atomic E-state index is -0.764. The molecule has 0 saturated heterocycles. The maximum atomic E-state index is 12.2. The lowest BCUT2D eigenvalue weighted by atomic mass is 9.63. The minimum absolute atomic E-state index is 0.162. The van der Waals surface area contributed by atoms with Gasteiger partial charge in [-0.1, -0.05) is 12.8 Å². The number of hydrogen-bond acceptors (Lipinski definition) is 3. The van der Waals surface area contributed by atoms with Crippen molar-refractivity contribution in [2.75, 3.05) is 7.11 Å². The van der Waals surface area contributed by atoms with Crippen LogP contribution < -0.4 is 0 Å². The number of fused-ring (bicyclic) bond motifs is 2. The van der Waals surface area contributed by atoms with Crippen LogP contribution in [0.4, 0.5) is 0 Å². The molecule has 3 fully saturated rings. The Balaban J connectivity index is 1.96. The van der Waals surface area contributed by atoms with Crippen LogP contribution in [0.1, 0.15) is 51.4 Å². The molecule has 0 heterocycles. The highest BCUT2D eigenvalue weighted by Crippen LogP contribution is 2.62. The van der Waals surface area contributed by atoms with Gasteiger partial charge in [-0.2, -0.15) is 0 Å². The van der Waals surface area contributed by atoms with Gasteiger partial charge in [0.25, 0.3) is 0 Å². The fraction of sp³-hybridized carbons (Fsp3) is 0.929. The maximum absolute atomic E-state index is 12.2. The summed E-state index contributed by atoms with van der Waals surface area (Å²) >= 11 is 0. The molecule has 2 bridgehead atoms. The quantitative estimate of drug-likeness (QED) is 0.751. The standard InChI is InChI=1S/C14H22O3/c1-17-12(15)13(6-2-3-7-13)14(16)9-10-4-5-11(14)8-10/h10-11,16H,2-9H2,1H3. The molecule has 0 aromatic rings. The SMILES string of the molecule is COC(=O)C1(C2(O)CC3CCC2C3)CCCC1. The summed E-state index contributed by atoms with van der Waals surface area (Å²) in [5, 5.41) is 11.1. The number of ether oxygens (including phenoxy) is 1. The summed E-state index contributed by atoms with van der Waals surface area (Å²) in [4.78, 5) is 12.2. The molecule has 0 amide bonds. The summed E-state index contributed by atoms with van der Waals surface area (Å²) in [5.41, 5.74) is -1.35. The van der Waals surface area contributed by atoms with Crippen molar-refractivity contribution in [1.82, 2.24) is 0 Å². The van der Waals surface area contributed by atoms with E-state index in [2.05, 4.69) is 0 Å². The van der Waals surface area contributed by atoms with E-state index in [1.54, 1.807) is 0 Å². The lowest BCUT2D eigenvalue weighted by Gasteiger charge is -2.45. The number of aliphatic hydroxyl groups is 1. The molecule has 3 unspecified atom stereocenters. The Kier molecular flexibility index (Phi) is 2.51. The molecule has 0 aromatic heterocycles. The molecule has 3 rings (SSSR count). The molecule has 3 aliphatic rings. The van der Waals surface area contributed by atoms with Gasteiger partial charge in [-0.3, -0.25) is 4.79 Å². The van der Waals surface area contributed by atoms with Gasteiger partial charge in [-0.05, 0) is 50.4 Å². The highest BCUT2D eigenvalue weighted by molar-refractivity contribution is 5.79. The van der Waals surface area contributed by atoms with Crippen LogP contribution in [0, 0.1) is 17.3 Å². The van der Waals surface area contributed by atoms with E-state index < -0.39 is 11.0 Å². The van der Waals surface area contributed by atoms with E-state index >= 15 is 0 Å². The third-order valence-corrected chi connectivity index (χ3v) is 5.68. The van der Waals surface area contributed by atoms with E-state index in [1.165, 1.54) is 13.5 Å². The van der Waals surface area contributed by atoms with Crippen LogP contribution in [0.3, 0.4) is 0 Å². The highest BCUT2D eigenvalue weighted by atomic mass is 16.5. The molecule has 17 heavy (non-hydrogen) atoms. The van der Waals surface area contributed by atoms with Gasteiger partial charge >= 0.3 is 5.97 Å². The summed E-state index contributed by atoms with van der Waals surface area (Å²) in [7, 11) is 1.46. The number of carbonyl (C=O) groups is 1. The van der Waals surface area contributed by atoms with Gasteiger partial charge in [-0.25, -0.2) is 0 Å². The Morgan fingerprint density at radius 1 is 1.29 bits per heavy atom. The number of rotatable bonds is 2. The number of hydrogen-bond donors (Lipinski definition) is 1. The smallest absolute Gasteiger partial charge is 0.314 e. The molecule has 3 aliphatic carbocycles. The van der Waals surface area contributed by atoms with Gasteiger partial charge in [0.1, 0.15) is 0 Å². The Labute approximate surface area is 103 Å². The van der Waals surface area contributed by atoms with Crippen LogP contribution in [0.25, 0.3) is 0 Å². The van der Waals surface area contributed by atoms with Crippen molar-refractivity contribution in [3.05, 3.63) is 0 Å². The van der Waals surface area contributed by atoms with Gasteiger partial charge in [0.05, 0.1) is 18.1 Å². The summed E-state index contributed by atoms with van der Waals surface area (Å²) < 4.78 is 5.02. The Hall–Kier alpha value is -0.570. The molecule has 3 saturated carbocycles. The van der Waals surface area contributed by atoms with Crippen molar-refractivity contribution < 1.29 is 14.6 Å². The molecular weight excluding hydrogens is 216 g/mol. The first-order valence-electron chi connectivity index (χ1n) is 6.93. The van der Waals surface area contributed by atoms with Crippen molar-refractivity contribution in [2.45, 2.75) is 57.0 Å². The van der Waals surface area contributed by atoms with Gasteiger partial charge in [0.2, 0.25) is 0 Å². The third kappa shape index (κ3) is 1.35. The Morgan fingerprint density at radius 3 is 2.47 bits per heavy atom. The molecule has 0 aliphatic heterocycles. The highest BCUT2D eigenvalue weighted by Gasteiger charge is 2.65. The molecule has 3 heteroatoms. The second-order valence-electron chi connectivity index (χ2n) is 6.29. The lowest BCUT2D eigenvalue weighted by molar-refractivity contribution is -0.181. The zero-order chi connectivity index (χ0) is 12.1. The van der Waals surface area contributed by atoms with E-state index in [9.17, 15) is 9.90 Å². The van der Waals surface area contributed by atoms with Crippen molar-refractivity contribution in [2.24, 2.45) is 17.3 Å². The minimum Gasteiger partial charge on any atom is -0.469 e. The average molecular weight is 238 g/mol. The fourth-order valence-corrected chi connectivity index (χ4v) is 4.87. The maximum Gasteiger partial charge on any atom is 0.314 e. The van der Waals surface area contributed by atoms with Crippen molar-refractivity contribution >= 4 is 5.97 Å². The van der Waals surface area contributed by atoms with Crippen LogP contribution in [-0.2, 0) is 9.53 Å². The van der Waals surface area contributed by atoms with Gasteiger partial charge in [0, 0.05) is 0 Å². The van der Waals surface area contributed by atoms with Crippen LogP contribution in [0.2, 0.25) is 0 Å². The molecular formula is C14H22O3. The van der Waals surface area contributed by atoms with Gasteiger partial charge < -0.3 is 9.84 Å². The first-order chi connectivity index (χ1) is 8.12. The average Bonchev–Trinajstić information content (AvgIpc) is 3.02. The van der Waals surface area contributed by atoms with Crippen molar-refractivity contribution in [3.8, 4) is 0 Å². The van der Waals surface area contributed by atoms with E-state index in [4.69, 9.17) is 4.74 Å². The summed E-state index contributed by atoms with van der Waals surface area (Å²) in [5.74, 6) is 0.821. The molecule has 1 N–H and O–H groups in total. The topological polar surface area (TPSA) is 46.5 Å². The zero-order valence-electron chi connectivity index (χ0n) is 10.6. The molecule has 0 aromatic carbocycles. The van der Waals surface area contributed by atoms with Crippen LogP contribution >= 0.6 is 0 Å². The monoisotopic (exact) mass is 238 g/mol. The van der Waals surface area contributed by atoms with Crippen LogP contribution in [0.15, 0.2) is 0 Å². The first-order valence-corrected chi connectivity index (χ1v) is 6.93.